The molecule has 0 spiro atoms. The second-order valence-electron chi connectivity index (χ2n) is 4.34. The number of carbonyl (C=O) groups is 1. The van der Waals surface area contributed by atoms with Gasteiger partial charge in [-0.1, -0.05) is 17.7 Å². The van der Waals surface area contributed by atoms with E-state index >= 15 is 0 Å². The number of pyridine rings is 1. The van der Waals surface area contributed by atoms with Crippen LogP contribution in [0.2, 0.25) is 0 Å². The van der Waals surface area contributed by atoms with E-state index in [9.17, 15) is 9.90 Å². The van der Waals surface area contributed by atoms with Crippen molar-refractivity contribution in [3.8, 4) is 0 Å². The molecule has 2 aromatic rings. The molecule has 0 atom stereocenters. The number of allylic oxidation sites excluding steroid dienone is 1. The molecule has 1 aromatic carbocycles. The first-order valence-corrected chi connectivity index (χ1v) is 5.68. The van der Waals surface area contributed by atoms with Gasteiger partial charge in [0.15, 0.2) is 5.78 Å². The fourth-order valence-electron chi connectivity index (χ4n) is 2.22. The molecule has 1 aliphatic rings. The number of hydrogen-bond acceptors (Lipinski definition) is 3. The van der Waals surface area contributed by atoms with Gasteiger partial charge in [-0.3, -0.25) is 9.78 Å². The predicted octanol–water partition coefficient (Wildman–Crippen LogP) is 3.01. The van der Waals surface area contributed by atoms with Crippen molar-refractivity contribution in [3.05, 3.63) is 65.0 Å². The third-order valence-electron chi connectivity index (χ3n) is 3.11. The summed E-state index contributed by atoms with van der Waals surface area (Å²) in [7, 11) is 0. The van der Waals surface area contributed by atoms with Gasteiger partial charge in [0.2, 0.25) is 0 Å². The smallest absolute Gasteiger partial charge is 0.198 e. The van der Waals surface area contributed by atoms with Crippen LogP contribution in [0.5, 0.6) is 0 Å². The number of aliphatic hydroxyl groups is 1. The third kappa shape index (κ3) is 1.44. The SMILES string of the molecule is Cc1ccc2c(c1)C(O)=C(c1ccncc1)C2=O. The largest absolute Gasteiger partial charge is 0.507 e. The number of aromatic nitrogens is 1. The normalized spacial score (nSPS) is 13.9. The molecule has 0 amide bonds. The van der Waals surface area contributed by atoms with E-state index in [0.29, 0.717) is 22.3 Å². The van der Waals surface area contributed by atoms with Crippen molar-refractivity contribution in [2.75, 3.05) is 0 Å². The van der Waals surface area contributed by atoms with Gasteiger partial charge in [0.1, 0.15) is 5.76 Å². The Morgan fingerprint density at radius 2 is 1.78 bits per heavy atom. The molecule has 3 heteroatoms. The second-order valence-corrected chi connectivity index (χ2v) is 4.34. The van der Waals surface area contributed by atoms with Crippen molar-refractivity contribution in [2.45, 2.75) is 6.92 Å². The Morgan fingerprint density at radius 1 is 1.06 bits per heavy atom. The van der Waals surface area contributed by atoms with E-state index in [1.807, 2.05) is 19.1 Å². The Morgan fingerprint density at radius 3 is 2.50 bits per heavy atom. The van der Waals surface area contributed by atoms with Crippen LogP contribution in [0.25, 0.3) is 11.3 Å². The van der Waals surface area contributed by atoms with Crippen LogP contribution in [0.15, 0.2) is 42.7 Å². The highest BCUT2D eigenvalue weighted by Gasteiger charge is 2.30. The lowest BCUT2D eigenvalue weighted by molar-refractivity contribution is 0.105. The maximum absolute atomic E-state index is 12.3. The van der Waals surface area contributed by atoms with E-state index in [0.717, 1.165) is 5.56 Å². The summed E-state index contributed by atoms with van der Waals surface area (Å²) in [5.41, 5.74) is 3.25. The highest BCUT2D eigenvalue weighted by atomic mass is 16.3. The number of aliphatic hydroxyl groups excluding tert-OH is 1. The molecular weight excluding hydrogens is 226 g/mol. The average Bonchev–Trinajstić information content (AvgIpc) is 2.63. The number of ketones is 1. The molecule has 1 heterocycles. The van der Waals surface area contributed by atoms with Crippen molar-refractivity contribution in [1.29, 1.82) is 0 Å². The minimum atomic E-state index is -0.131. The molecule has 0 bridgehead atoms. The van der Waals surface area contributed by atoms with Gasteiger partial charge in [-0.05, 0) is 30.7 Å². The minimum absolute atomic E-state index is 0.0601. The molecule has 1 aliphatic carbocycles. The fourth-order valence-corrected chi connectivity index (χ4v) is 2.22. The van der Waals surface area contributed by atoms with E-state index in [4.69, 9.17) is 0 Å². The molecule has 0 radical (unpaired) electrons. The molecule has 0 unspecified atom stereocenters. The highest BCUT2D eigenvalue weighted by molar-refractivity contribution is 6.38. The lowest BCUT2D eigenvalue weighted by Crippen LogP contribution is -1.98. The summed E-state index contributed by atoms with van der Waals surface area (Å²) in [5, 5.41) is 10.2. The van der Waals surface area contributed by atoms with Crippen molar-refractivity contribution >= 4 is 17.1 Å². The molecule has 1 aromatic heterocycles. The predicted molar refractivity (Wildman–Crippen MR) is 69.2 cm³/mol. The Labute approximate surface area is 104 Å². The number of benzene rings is 1. The molecule has 3 rings (SSSR count). The van der Waals surface area contributed by atoms with Gasteiger partial charge < -0.3 is 5.11 Å². The standard InChI is InChI=1S/C15H11NO2/c1-9-2-3-11-12(8-9)15(18)13(14(11)17)10-4-6-16-7-5-10/h2-8,18H,1H3. The van der Waals surface area contributed by atoms with E-state index in [1.165, 1.54) is 0 Å². The van der Waals surface area contributed by atoms with Crippen LogP contribution in [0.3, 0.4) is 0 Å². The first-order valence-electron chi connectivity index (χ1n) is 5.68. The second kappa shape index (κ2) is 3.81. The van der Waals surface area contributed by atoms with Crippen molar-refractivity contribution in [3.63, 3.8) is 0 Å². The Balaban J connectivity index is 2.22. The van der Waals surface area contributed by atoms with Gasteiger partial charge in [0.25, 0.3) is 0 Å². The fraction of sp³-hybridized carbons (Fsp3) is 0.0667. The summed E-state index contributed by atoms with van der Waals surface area (Å²) in [5.74, 6) is -0.0707. The Hall–Kier alpha value is -2.42. The lowest BCUT2D eigenvalue weighted by atomic mass is 10.0. The summed E-state index contributed by atoms with van der Waals surface area (Å²) < 4.78 is 0. The van der Waals surface area contributed by atoms with Gasteiger partial charge in [0, 0.05) is 23.5 Å². The van der Waals surface area contributed by atoms with Gasteiger partial charge in [0.05, 0.1) is 5.57 Å². The number of nitrogens with zero attached hydrogens (tertiary/aromatic N) is 1. The zero-order chi connectivity index (χ0) is 12.7. The van der Waals surface area contributed by atoms with Gasteiger partial charge >= 0.3 is 0 Å². The van der Waals surface area contributed by atoms with Crippen LogP contribution in [0, 0.1) is 6.92 Å². The summed E-state index contributed by atoms with van der Waals surface area (Å²) in [6.07, 6.45) is 3.22. The molecule has 0 saturated carbocycles. The van der Waals surface area contributed by atoms with Crippen LogP contribution >= 0.6 is 0 Å². The molecule has 0 fully saturated rings. The Kier molecular flexibility index (Phi) is 2.27. The van der Waals surface area contributed by atoms with Gasteiger partial charge in [-0.15, -0.1) is 0 Å². The third-order valence-corrected chi connectivity index (χ3v) is 3.11. The molecule has 0 saturated heterocycles. The maximum atomic E-state index is 12.3. The molecule has 88 valence electrons. The lowest BCUT2D eigenvalue weighted by Gasteiger charge is -2.00. The average molecular weight is 237 g/mol. The summed E-state index contributed by atoms with van der Waals surface area (Å²) >= 11 is 0. The summed E-state index contributed by atoms with van der Waals surface area (Å²) in [6, 6.07) is 8.91. The highest BCUT2D eigenvalue weighted by Crippen LogP contribution is 2.36. The molecule has 1 N–H and O–H groups in total. The van der Waals surface area contributed by atoms with Crippen molar-refractivity contribution in [1.82, 2.24) is 4.98 Å². The number of rotatable bonds is 1. The van der Waals surface area contributed by atoms with Crippen LogP contribution in [-0.4, -0.2) is 15.9 Å². The van der Waals surface area contributed by atoms with Crippen LogP contribution in [0.1, 0.15) is 27.0 Å². The van der Waals surface area contributed by atoms with E-state index < -0.39 is 0 Å². The molecule has 3 nitrogen and oxygen atoms in total. The molecule has 0 aliphatic heterocycles. The number of Topliss-reactive ketones (excluding diaryl/α,β-unsaturated/α-hetero) is 1. The summed E-state index contributed by atoms with van der Waals surface area (Å²) in [4.78, 5) is 16.2. The van der Waals surface area contributed by atoms with Crippen LogP contribution in [0.4, 0.5) is 0 Å². The van der Waals surface area contributed by atoms with Crippen LogP contribution < -0.4 is 0 Å². The van der Waals surface area contributed by atoms with Crippen molar-refractivity contribution < 1.29 is 9.90 Å². The van der Waals surface area contributed by atoms with E-state index in [2.05, 4.69) is 4.98 Å². The molecular formula is C15H11NO2. The van der Waals surface area contributed by atoms with E-state index in [-0.39, 0.29) is 11.5 Å². The monoisotopic (exact) mass is 237 g/mol. The van der Waals surface area contributed by atoms with Gasteiger partial charge in [-0.25, -0.2) is 0 Å². The van der Waals surface area contributed by atoms with E-state index in [1.54, 1.807) is 30.6 Å². The molecule has 18 heavy (non-hydrogen) atoms. The van der Waals surface area contributed by atoms with Crippen LogP contribution in [-0.2, 0) is 0 Å². The number of carbonyl (C=O) groups excluding carboxylic acids is 1. The van der Waals surface area contributed by atoms with Crippen molar-refractivity contribution in [2.24, 2.45) is 0 Å². The number of hydrogen-bond donors (Lipinski definition) is 1. The zero-order valence-corrected chi connectivity index (χ0v) is 9.84. The Bertz CT molecular complexity index is 672. The minimum Gasteiger partial charge on any atom is -0.507 e. The summed E-state index contributed by atoms with van der Waals surface area (Å²) in [6.45, 7) is 1.93. The number of fused-ring (bicyclic) bond motifs is 1. The topological polar surface area (TPSA) is 50.2 Å². The first-order chi connectivity index (χ1) is 8.68. The first kappa shape index (κ1) is 10.7. The number of aryl methyl sites for hydroxylation is 1. The maximum Gasteiger partial charge on any atom is 0.198 e. The quantitative estimate of drug-likeness (QED) is 0.829. The zero-order valence-electron chi connectivity index (χ0n) is 9.84. The van der Waals surface area contributed by atoms with Gasteiger partial charge in [-0.2, -0.15) is 0 Å².